The number of hydrogen-bond donors (Lipinski definition) is 2. The number of nitrogens with two attached hydrogens (primary N) is 1. The zero-order valence-electron chi connectivity index (χ0n) is 15.1. The first-order chi connectivity index (χ1) is 11.9. The molecule has 1 saturated carbocycles. The van der Waals surface area contributed by atoms with Crippen molar-refractivity contribution in [1.82, 2.24) is 4.90 Å². The van der Waals surface area contributed by atoms with Crippen molar-refractivity contribution < 1.29 is 9.59 Å². The molecule has 1 aromatic carbocycles. The molecule has 0 bridgehead atoms. The van der Waals surface area contributed by atoms with Crippen LogP contribution in [0.2, 0.25) is 5.02 Å². The van der Waals surface area contributed by atoms with Crippen LogP contribution in [-0.4, -0.2) is 35.8 Å². The van der Waals surface area contributed by atoms with E-state index in [2.05, 4.69) is 5.32 Å². The largest absolute Gasteiger partial charge is 0.339 e. The molecule has 3 N–H and O–H groups in total. The molecule has 0 heterocycles. The Kier molecular flexibility index (Phi) is 7.26. The Bertz CT molecular complexity index is 613. The molecule has 1 aromatic rings. The van der Waals surface area contributed by atoms with Gasteiger partial charge in [-0.25, -0.2) is 0 Å². The average molecular weight is 366 g/mol. The Labute approximate surface area is 154 Å². The van der Waals surface area contributed by atoms with Crippen LogP contribution in [0.3, 0.4) is 0 Å². The minimum atomic E-state index is -0.105. The lowest BCUT2D eigenvalue weighted by molar-refractivity contribution is -0.116. The van der Waals surface area contributed by atoms with Gasteiger partial charge in [0.15, 0.2) is 0 Å². The monoisotopic (exact) mass is 365 g/mol. The van der Waals surface area contributed by atoms with E-state index in [0.717, 1.165) is 12.8 Å². The summed E-state index contributed by atoms with van der Waals surface area (Å²) in [5.41, 5.74) is 6.73. The van der Waals surface area contributed by atoms with Gasteiger partial charge in [-0.15, -0.1) is 0 Å². The highest BCUT2D eigenvalue weighted by atomic mass is 35.5. The summed E-state index contributed by atoms with van der Waals surface area (Å²) in [5.74, 6) is -0.168. The van der Waals surface area contributed by atoms with E-state index in [4.69, 9.17) is 17.3 Å². The van der Waals surface area contributed by atoms with Gasteiger partial charge in [-0.1, -0.05) is 30.9 Å². The Morgan fingerprint density at radius 1 is 1.32 bits per heavy atom. The summed E-state index contributed by atoms with van der Waals surface area (Å²) in [6.07, 6.45) is 6.67. The quantitative estimate of drug-likeness (QED) is 0.804. The lowest BCUT2D eigenvalue weighted by atomic mass is 9.94. The number of hydrogen-bond acceptors (Lipinski definition) is 3. The summed E-state index contributed by atoms with van der Waals surface area (Å²) < 4.78 is 0. The molecule has 1 unspecified atom stereocenters. The SMILES string of the molecule is CC(N)CCC(=O)Nc1ccc(C(=O)N(C)C2CCCCC2)c(Cl)c1. The third kappa shape index (κ3) is 5.72. The number of halogens is 1. The van der Waals surface area contributed by atoms with E-state index in [9.17, 15) is 9.59 Å². The van der Waals surface area contributed by atoms with Gasteiger partial charge in [-0.2, -0.15) is 0 Å². The lowest BCUT2D eigenvalue weighted by Gasteiger charge is -2.31. The number of carbonyl (C=O) groups excluding carboxylic acids is 2. The summed E-state index contributed by atoms with van der Waals surface area (Å²) in [5, 5.41) is 3.15. The first kappa shape index (κ1) is 19.7. The zero-order valence-corrected chi connectivity index (χ0v) is 15.8. The summed E-state index contributed by atoms with van der Waals surface area (Å²) in [7, 11) is 1.85. The van der Waals surface area contributed by atoms with Crippen molar-refractivity contribution in [3.63, 3.8) is 0 Å². The lowest BCUT2D eigenvalue weighted by Crippen LogP contribution is -2.38. The molecule has 5 nitrogen and oxygen atoms in total. The van der Waals surface area contributed by atoms with Crippen LogP contribution in [0.4, 0.5) is 5.69 Å². The minimum Gasteiger partial charge on any atom is -0.339 e. The van der Waals surface area contributed by atoms with Crippen molar-refractivity contribution in [1.29, 1.82) is 0 Å². The Morgan fingerprint density at radius 2 is 2.00 bits per heavy atom. The highest BCUT2D eigenvalue weighted by Crippen LogP contribution is 2.26. The van der Waals surface area contributed by atoms with E-state index in [-0.39, 0.29) is 23.9 Å². The van der Waals surface area contributed by atoms with E-state index in [1.165, 1.54) is 19.3 Å². The fourth-order valence-corrected chi connectivity index (χ4v) is 3.43. The predicted octanol–water partition coefficient (Wildman–Crippen LogP) is 3.81. The van der Waals surface area contributed by atoms with E-state index in [0.29, 0.717) is 29.1 Å². The summed E-state index contributed by atoms with van der Waals surface area (Å²) >= 11 is 6.30. The minimum absolute atomic E-state index is 0.00957. The predicted molar refractivity (Wildman–Crippen MR) is 102 cm³/mol. The first-order valence-electron chi connectivity index (χ1n) is 9.00. The van der Waals surface area contributed by atoms with Crippen molar-refractivity contribution in [2.24, 2.45) is 5.73 Å². The Morgan fingerprint density at radius 3 is 2.60 bits per heavy atom. The maximum absolute atomic E-state index is 12.7. The van der Waals surface area contributed by atoms with E-state index < -0.39 is 0 Å². The maximum atomic E-state index is 12.7. The van der Waals surface area contributed by atoms with Crippen molar-refractivity contribution in [3.8, 4) is 0 Å². The number of nitrogens with zero attached hydrogens (tertiary/aromatic N) is 1. The van der Waals surface area contributed by atoms with Crippen molar-refractivity contribution in [3.05, 3.63) is 28.8 Å². The zero-order chi connectivity index (χ0) is 18.4. The highest BCUT2D eigenvalue weighted by molar-refractivity contribution is 6.34. The smallest absolute Gasteiger partial charge is 0.255 e. The third-order valence-corrected chi connectivity index (χ3v) is 5.07. The molecule has 0 radical (unpaired) electrons. The highest BCUT2D eigenvalue weighted by Gasteiger charge is 2.24. The fourth-order valence-electron chi connectivity index (χ4n) is 3.17. The molecular weight excluding hydrogens is 338 g/mol. The number of anilines is 1. The van der Waals surface area contributed by atoms with Crippen LogP contribution in [0.1, 0.15) is 62.2 Å². The van der Waals surface area contributed by atoms with Gasteiger partial charge in [-0.05, 0) is 44.4 Å². The second-order valence-electron chi connectivity index (χ2n) is 6.97. The molecule has 6 heteroatoms. The van der Waals surface area contributed by atoms with E-state index in [1.54, 1.807) is 23.1 Å². The van der Waals surface area contributed by atoms with Crippen LogP contribution in [0, 0.1) is 0 Å². The number of carbonyl (C=O) groups is 2. The van der Waals surface area contributed by atoms with Crippen LogP contribution in [0.25, 0.3) is 0 Å². The molecule has 2 amide bonds. The second kappa shape index (κ2) is 9.20. The second-order valence-corrected chi connectivity index (χ2v) is 7.37. The van der Waals surface area contributed by atoms with E-state index >= 15 is 0 Å². The summed E-state index contributed by atoms with van der Waals surface area (Å²) in [4.78, 5) is 26.4. The van der Waals surface area contributed by atoms with Crippen LogP contribution in [0.15, 0.2) is 18.2 Å². The number of rotatable bonds is 6. The molecule has 0 saturated heterocycles. The molecular formula is C19H28ClN3O2. The molecule has 1 fully saturated rings. The molecule has 1 aliphatic carbocycles. The van der Waals surface area contributed by atoms with Gasteiger partial charge in [0, 0.05) is 31.2 Å². The molecule has 0 aromatic heterocycles. The average Bonchev–Trinajstić information content (AvgIpc) is 2.59. The number of amides is 2. The van der Waals surface area contributed by atoms with Gasteiger partial charge in [0.2, 0.25) is 5.91 Å². The molecule has 2 rings (SSSR count). The third-order valence-electron chi connectivity index (χ3n) is 4.75. The number of benzene rings is 1. The van der Waals surface area contributed by atoms with Crippen LogP contribution < -0.4 is 11.1 Å². The Hall–Kier alpha value is -1.59. The normalized spacial score (nSPS) is 16.3. The van der Waals surface area contributed by atoms with Gasteiger partial charge in [0.05, 0.1) is 10.6 Å². The van der Waals surface area contributed by atoms with Gasteiger partial charge >= 0.3 is 0 Å². The van der Waals surface area contributed by atoms with Gasteiger partial charge in [0.1, 0.15) is 0 Å². The van der Waals surface area contributed by atoms with Gasteiger partial charge in [-0.3, -0.25) is 9.59 Å². The standard InChI is InChI=1S/C19H28ClN3O2/c1-13(21)8-11-18(24)22-14-9-10-16(17(20)12-14)19(25)23(2)15-6-4-3-5-7-15/h9-10,12-13,15H,3-8,11,21H2,1-2H3,(H,22,24). The fraction of sp³-hybridized carbons (Fsp3) is 0.579. The molecule has 0 aliphatic heterocycles. The topological polar surface area (TPSA) is 75.4 Å². The maximum Gasteiger partial charge on any atom is 0.255 e. The van der Waals surface area contributed by atoms with Crippen LogP contribution >= 0.6 is 11.6 Å². The van der Waals surface area contributed by atoms with Crippen molar-refractivity contribution >= 4 is 29.1 Å². The van der Waals surface area contributed by atoms with E-state index in [1.807, 2.05) is 14.0 Å². The Balaban J connectivity index is 2.00. The van der Waals surface area contributed by atoms with Crippen molar-refractivity contribution in [2.75, 3.05) is 12.4 Å². The molecule has 25 heavy (non-hydrogen) atoms. The molecule has 1 atom stereocenters. The first-order valence-corrected chi connectivity index (χ1v) is 9.38. The summed E-state index contributed by atoms with van der Waals surface area (Å²) in [6, 6.07) is 5.32. The van der Waals surface area contributed by atoms with Crippen LogP contribution in [0.5, 0.6) is 0 Å². The van der Waals surface area contributed by atoms with Crippen LogP contribution in [-0.2, 0) is 4.79 Å². The number of nitrogens with one attached hydrogen (secondary N) is 1. The summed E-state index contributed by atoms with van der Waals surface area (Å²) in [6.45, 7) is 1.87. The molecule has 0 spiro atoms. The van der Waals surface area contributed by atoms with Crippen molar-refractivity contribution in [2.45, 2.75) is 64.0 Å². The molecule has 1 aliphatic rings. The molecule has 138 valence electrons. The van der Waals surface area contributed by atoms with Gasteiger partial charge < -0.3 is 16.0 Å². The van der Waals surface area contributed by atoms with Gasteiger partial charge in [0.25, 0.3) is 5.91 Å².